The molecule has 0 spiro atoms. The molecular formula is C21H28N2O3. The number of hydrogen-bond acceptors (Lipinski definition) is 4. The van der Waals surface area contributed by atoms with Crippen LogP contribution in [0.2, 0.25) is 0 Å². The average Bonchev–Trinajstić information content (AvgIpc) is 2.60. The number of rotatable bonds is 4. The average molecular weight is 356 g/mol. The number of aromatic nitrogens is 1. The second-order valence-electron chi connectivity index (χ2n) is 7.62. The number of aliphatic carboxylic acids is 1. The van der Waals surface area contributed by atoms with E-state index in [9.17, 15) is 15.0 Å². The van der Waals surface area contributed by atoms with Crippen molar-refractivity contribution in [2.24, 2.45) is 5.41 Å². The van der Waals surface area contributed by atoms with Gasteiger partial charge >= 0.3 is 5.97 Å². The number of aliphatic hydroxyl groups is 1. The van der Waals surface area contributed by atoms with Gasteiger partial charge in [-0.25, -0.2) is 4.98 Å². The molecule has 0 radical (unpaired) electrons. The van der Waals surface area contributed by atoms with E-state index in [0.717, 1.165) is 34.3 Å². The van der Waals surface area contributed by atoms with Crippen molar-refractivity contribution in [3.8, 4) is 0 Å². The van der Waals surface area contributed by atoms with E-state index < -0.39 is 17.5 Å². The van der Waals surface area contributed by atoms with Crippen LogP contribution >= 0.6 is 0 Å². The highest BCUT2D eigenvalue weighted by atomic mass is 16.4. The second-order valence-corrected chi connectivity index (χ2v) is 7.62. The molecule has 2 N–H and O–H groups in total. The quantitative estimate of drug-likeness (QED) is 0.875. The van der Waals surface area contributed by atoms with Crippen LogP contribution in [0.25, 0.3) is 10.9 Å². The third kappa shape index (κ3) is 2.94. The number of benzene rings is 1. The maximum Gasteiger partial charge on any atom is 0.312 e. The monoisotopic (exact) mass is 356 g/mol. The van der Waals surface area contributed by atoms with Crippen LogP contribution in [0.15, 0.2) is 18.2 Å². The van der Waals surface area contributed by atoms with E-state index in [0.29, 0.717) is 25.9 Å². The van der Waals surface area contributed by atoms with Gasteiger partial charge in [0.15, 0.2) is 0 Å². The predicted octanol–water partition coefficient (Wildman–Crippen LogP) is 3.60. The molecule has 1 saturated heterocycles. The molecule has 2 atom stereocenters. The van der Waals surface area contributed by atoms with Gasteiger partial charge in [0.1, 0.15) is 5.82 Å². The molecule has 1 fully saturated rings. The highest BCUT2D eigenvalue weighted by Gasteiger charge is 2.48. The number of anilines is 1. The number of pyridine rings is 1. The SMILES string of the molecule is CCC[C@]1(C(=O)O)CCN(c2cc(C)c3ccc(C)c(C)c3n2)C[C@@H]1O. The Hall–Kier alpha value is -2.14. The first-order chi connectivity index (χ1) is 12.3. The number of β-amino-alcohol motifs (C(OH)–C–C–N with tert-alkyl or cyclic N) is 1. The summed E-state index contributed by atoms with van der Waals surface area (Å²) in [5.41, 5.74) is 3.46. The van der Waals surface area contributed by atoms with Crippen LogP contribution in [0.1, 0.15) is 42.9 Å². The summed E-state index contributed by atoms with van der Waals surface area (Å²) < 4.78 is 0. The summed E-state index contributed by atoms with van der Waals surface area (Å²) in [6.45, 7) is 9.08. The molecule has 1 aromatic heterocycles. The van der Waals surface area contributed by atoms with Crippen LogP contribution in [0, 0.1) is 26.2 Å². The number of carboxylic acids is 1. The molecule has 5 nitrogen and oxygen atoms in total. The van der Waals surface area contributed by atoms with Gasteiger partial charge < -0.3 is 15.1 Å². The third-order valence-corrected chi connectivity index (χ3v) is 6.00. The normalized spacial score (nSPS) is 23.4. The van der Waals surface area contributed by atoms with Crippen molar-refractivity contribution in [2.75, 3.05) is 18.0 Å². The number of hydrogen-bond donors (Lipinski definition) is 2. The van der Waals surface area contributed by atoms with Gasteiger partial charge in [-0.1, -0.05) is 25.5 Å². The van der Waals surface area contributed by atoms with Crippen molar-refractivity contribution in [1.29, 1.82) is 0 Å². The van der Waals surface area contributed by atoms with Gasteiger partial charge in [-0.3, -0.25) is 4.79 Å². The fourth-order valence-corrected chi connectivity index (χ4v) is 4.12. The summed E-state index contributed by atoms with van der Waals surface area (Å²) in [5.74, 6) is -0.0705. The molecule has 3 rings (SSSR count). The molecule has 0 aliphatic carbocycles. The predicted molar refractivity (Wildman–Crippen MR) is 104 cm³/mol. The van der Waals surface area contributed by atoms with E-state index in [1.54, 1.807) is 0 Å². The van der Waals surface area contributed by atoms with Crippen molar-refractivity contribution in [2.45, 2.75) is 53.1 Å². The van der Waals surface area contributed by atoms with E-state index >= 15 is 0 Å². The zero-order valence-corrected chi connectivity index (χ0v) is 16.0. The lowest BCUT2D eigenvalue weighted by Gasteiger charge is -2.43. The molecule has 1 aliphatic rings. The molecular weight excluding hydrogens is 328 g/mol. The highest BCUT2D eigenvalue weighted by Crippen LogP contribution is 2.38. The Labute approximate surface area is 154 Å². The number of aryl methyl sites for hydroxylation is 3. The van der Waals surface area contributed by atoms with Crippen LogP contribution in [0.5, 0.6) is 0 Å². The number of carbonyl (C=O) groups is 1. The van der Waals surface area contributed by atoms with Gasteiger partial charge in [-0.2, -0.15) is 0 Å². The molecule has 2 heterocycles. The molecule has 0 amide bonds. The third-order valence-electron chi connectivity index (χ3n) is 6.00. The van der Waals surface area contributed by atoms with Gasteiger partial charge in [-0.15, -0.1) is 0 Å². The Kier molecular flexibility index (Phi) is 4.93. The summed E-state index contributed by atoms with van der Waals surface area (Å²) in [6, 6.07) is 6.26. The highest BCUT2D eigenvalue weighted by molar-refractivity contribution is 5.87. The smallest absolute Gasteiger partial charge is 0.312 e. The lowest BCUT2D eigenvalue weighted by Crippen LogP contribution is -2.55. The summed E-state index contributed by atoms with van der Waals surface area (Å²) in [7, 11) is 0. The molecule has 26 heavy (non-hydrogen) atoms. The molecule has 1 aromatic carbocycles. The van der Waals surface area contributed by atoms with Crippen molar-refractivity contribution >= 4 is 22.7 Å². The molecule has 140 valence electrons. The van der Waals surface area contributed by atoms with Crippen molar-refractivity contribution in [3.05, 3.63) is 34.9 Å². The first-order valence-electron chi connectivity index (χ1n) is 9.34. The van der Waals surface area contributed by atoms with E-state index in [1.165, 1.54) is 5.56 Å². The van der Waals surface area contributed by atoms with Gasteiger partial charge in [0.2, 0.25) is 0 Å². The minimum Gasteiger partial charge on any atom is -0.481 e. The molecule has 2 aromatic rings. The fraction of sp³-hybridized carbons (Fsp3) is 0.524. The first kappa shape index (κ1) is 18.6. The van der Waals surface area contributed by atoms with Crippen LogP contribution in [-0.2, 0) is 4.79 Å². The number of carboxylic acid groups (broad SMARTS) is 1. The fourth-order valence-electron chi connectivity index (χ4n) is 4.12. The lowest BCUT2D eigenvalue weighted by atomic mass is 9.73. The Bertz CT molecular complexity index is 849. The van der Waals surface area contributed by atoms with Crippen molar-refractivity contribution < 1.29 is 15.0 Å². The second kappa shape index (κ2) is 6.88. The van der Waals surface area contributed by atoms with Crippen LogP contribution in [0.4, 0.5) is 5.82 Å². The number of aliphatic hydroxyl groups excluding tert-OH is 1. The Morgan fingerprint density at radius 2 is 2.04 bits per heavy atom. The van der Waals surface area contributed by atoms with Crippen molar-refractivity contribution in [3.63, 3.8) is 0 Å². The minimum atomic E-state index is -1.04. The molecule has 5 heteroatoms. The zero-order chi connectivity index (χ0) is 19.1. The number of fused-ring (bicyclic) bond motifs is 1. The van der Waals surface area contributed by atoms with Gasteiger partial charge in [0, 0.05) is 18.5 Å². The summed E-state index contributed by atoms with van der Waals surface area (Å²) in [5, 5.41) is 21.5. The van der Waals surface area contributed by atoms with E-state index in [4.69, 9.17) is 4.98 Å². The maximum atomic E-state index is 11.8. The zero-order valence-electron chi connectivity index (χ0n) is 16.0. The first-order valence-corrected chi connectivity index (χ1v) is 9.34. The van der Waals surface area contributed by atoms with Crippen LogP contribution in [-0.4, -0.2) is 40.4 Å². The molecule has 0 saturated carbocycles. The number of piperidine rings is 1. The summed E-state index contributed by atoms with van der Waals surface area (Å²) >= 11 is 0. The topological polar surface area (TPSA) is 73.7 Å². The lowest BCUT2D eigenvalue weighted by molar-refractivity contribution is -0.159. The Morgan fingerprint density at radius 3 is 2.65 bits per heavy atom. The minimum absolute atomic E-state index is 0.301. The van der Waals surface area contributed by atoms with Gasteiger partial charge in [0.25, 0.3) is 0 Å². The van der Waals surface area contributed by atoms with E-state index in [2.05, 4.69) is 32.9 Å². The summed E-state index contributed by atoms with van der Waals surface area (Å²) in [4.78, 5) is 18.7. The summed E-state index contributed by atoms with van der Waals surface area (Å²) in [6.07, 6.45) is 0.780. The maximum absolute atomic E-state index is 11.8. The van der Waals surface area contributed by atoms with E-state index in [-0.39, 0.29) is 0 Å². The molecule has 0 bridgehead atoms. The van der Waals surface area contributed by atoms with Crippen LogP contribution < -0.4 is 4.90 Å². The standard InChI is InChI=1S/C21H28N2O3/c1-5-8-21(20(25)26)9-10-23(12-17(21)24)18-11-14(3)16-7-6-13(2)15(4)19(16)22-18/h6-7,11,17,24H,5,8-10,12H2,1-4H3,(H,25,26)/t17-,21-/m0/s1. The van der Waals surface area contributed by atoms with Gasteiger partial charge in [-0.05, 0) is 56.4 Å². The molecule has 1 aliphatic heterocycles. The Balaban J connectivity index is 1.96. The largest absolute Gasteiger partial charge is 0.481 e. The molecule has 0 unspecified atom stereocenters. The Morgan fingerprint density at radius 1 is 1.31 bits per heavy atom. The van der Waals surface area contributed by atoms with Gasteiger partial charge in [0.05, 0.1) is 17.0 Å². The van der Waals surface area contributed by atoms with Crippen LogP contribution in [0.3, 0.4) is 0 Å². The van der Waals surface area contributed by atoms with Crippen molar-refractivity contribution in [1.82, 2.24) is 4.98 Å². The van der Waals surface area contributed by atoms with E-state index in [1.807, 2.05) is 17.9 Å². The number of nitrogens with zero attached hydrogens (tertiary/aromatic N) is 2.